The molecule has 7 aromatic carbocycles. The first-order chi connectivity index (χ1) is 27.6. The predicted molar refractivity (Wildman–Crippen MR) is 234 cm³/mol. The molecule has 0 bridgehead atoms. The van der Waals surface area contributed by atoms with Gasteiger partial charge in [0.2, 0.25) is 0 Å². The zero-order valence-electron chi connectivity index (χ0n) is 30.8. The Morgan fingerprint density at radius 2 is 1.45 bits per heavy atom. The summed E-state index contributed by atoms with van der Waals surface area (Å²) in [4.78, 5) is 5.19. The summed E-state index contributed by atoms with van der Waals surface area (Å²) in [6.07, 6.45) is 8.16. The van der Waals surface area contributed by atoms with Crippen LogP contribution in [-0.2, 0) is 5.41 Å². The highest BCUT2D eigenvalue weighted by Crippen LogP contribution is 2.61. The quantitative estimate of drug-likeness (QED) is 0.153. The molecular formula is C52H35N3S. The van der Waals surface area contributed by atoms with Crippen molar-refractivity contribution in [1.29, 1.82) is 5.26 Å². The summed E-state index contributed by atoms with van der Waals surface area (Å²) in [6, 6.07) is 58.4. The first kappa shape index (κ1) is 33.5. The standard InChI is InChI=1S/C52H35N3S/c1-3-4-6-15-34(2)52(38-30-28-37(29-31-38)51-54-45-21-12-13-22-46(45)55(51)39-16-7-5-8-17-39)43-20-11-9-18-40(43)48-44(52)32-42(36-26-24-35(33-53)25-27-36)50-49(48)41-19-10-14-23-47(41)56-50/h3-32H,1H2,2H3/b6-4-,34-15+. The summed E-state index contributed by atoms with van der Waals surface area (Å²) in [5.41, 5.74) is 13.9. The van der Waals surface area contributed by atoms with Crippen molar-refractivity contribution >= 4 is 42.5 Å². The molecule has 0 spiro atoms. The molecule has 9 aromatic rings. The number of aromatic nitrogens is 2. The molecule has 4 heteroatoms. The summed E-state index contributed by atoms with van der Waals surface area (Å²) < 4.78 is 4.77. The Balaban J connectivity index is 1.28. The number of rotatable bonds is 7. The molecule has 0 saturated carbocycles. The summed E-state index contributed by atoms with van der Waals surface area (Å²) in [5.74, 6) is 0.904. The fourth-order valence-corrected chi connectivity index (χ4v) is 10.1. The van der Waals surface area contributed by atoms with E-state index in [1.54, 1.807) is 0 Å². The normalized spacial score (nSPS) is 15.0. The molecule has 0 aliphatic heterocycles. The van der Waals surface area contributed by atoms with Crippen LogP contribution in [0.25, 0.3) is 70.5 Å². The van der Waals surface area contributed by atoms with Crippen LogP contribution in [0.2, 0.25) is 0 Å². The van der Waals surface area contributed by atoms with E-state index >= 15 is 0 Å². The minimum absolute atomic E-state index is 0.617. The second-order valence-corrected chi connectivity index (χ2v) is 15.3. The van der Waals surface area contributed by atoms with Crippen molar-refractivity contribution in [2.45, 2.75) is 12.3 Å². The van der Waals surface area contributed by atoms with Gasteiger partial charge in [-0.25, -0.2) is 4.98 Å². The van der Waals surface area contributed by atoms with Gasteiger partial charge in [-0.15, -0.1) is 11.3 Å². The molecule has 2 heterocycles. The average Bonchev–Trinajstić information content (AvgIpc) is 3.93. The molecule has 10 rings (SSSR count). The Bertz CT molecular complexity index is 3100. The molecule has 0 amide bonds. The number of thiophene rings is 1. The minimum Gasteiger partial charge on any atom is -0.292 e. The molecule has 1 aliphatic rings. The van der Waals surface area contributed by atoms with E-state index in [-0.39, 0.29) is 0 Å². The van der Waals surface area contributed by atoms with Crippen LogP contribution < -0.4 is 0 Å². The second kappa shape index (κ2) is 13.4. The Morgan fingerprint density at radius 3 is 2.25 bits per heavy atom. The van der Waals surface area contributed by atoms with Gasteiger partial charge in [0, 0.05) is 31.4 Å². The zero-order valence-corrected chi connectivity index (χ0v) is 31.6. The maximum absolute atomic E-state index is 9.67. The van der Waals surface area contributed by atoms with E-state index in [0.717, 1.165) is 33.7 Å². The highest BCUT2D eigenvalue weighted by Gasteiger charge is 2.47. The van der Waals surface area contributed by atoms with E-state index in [1.807, 2.05) is 47.8 Å². The Hall–Kier alpha value is -7.06. The number of hydrogen-bond donors (Lipinski definition) is 0. The molecule has 1 atom stereocenters. The van der Waals surface area contributed by atoms with Gasteiger partial charge >= 0.3 is 0 Å². The van der Waals surface area contributed by atoms with Crippen LogP contribution in [0.5, 0.6) is 0 Å². The van der Waals surface area contributed by atoms with Crippen molar-refractivity contribution in [1.82, 2.24) is 9.55 Å². The van der Waals surface area contributed by atoms with Crippen LogP contribution in [0.1, 0.15) is 29.2 Å². The van der Waals surface area contributed by atoms with E-state index < -0.39 is 5.41 Å². The molecule has 0 saturated heterocycles. The van der Waals surface area contributed by atoms with E-state index in [1.165, 1.54) is 59.1 Å². The number of imidazole rings is 1. The van der Waals surface area contributed by atoms with Gasteiger partial charge in [-0.05, 0) is 94.4 Å². The Morgan fingerprint density at radius 1 is 0.732 bits per heavy atom. The highest BCUT2D eigenvalue weighted by atomic mass is 32.1. The van der Waals surface area contributed by atoms with Crippen molar-refractivity contribution < 1.29 is 0 Å². The third-order valence-electron chi connectivity index (χ3n) is 11.3. The Kier molecular flexibility index (Phi) is 7.99. The third kappa shape index (κ3) is 4.99. The van der Waals surface area contributed by atoms with Gasteiger partial charge in [0.1, 0.15) is 5.82 Å². The Labute approximate surface area is 330 Å². The molecule has 1 unspecified atom stereocenters. The monoisotopic (exact) mass is 733 g/mol. The first-order valence-corrected chi connectivity index (χ1v) is 19.6. The number of nitriles is 1. The summed E-state index contributed by atoms with van der Waals surface area (Å²) in [7, 11) is 0. The van der Waals surface area contributed by atoms with Gasteiger partial charge in [-0.1, -0.05) is 146 Å². The van der Waals surface area contributed by atoms with Gasteiger partial charge in [0.15, 0.2) is 0 Å². The van der Waals surface area contributed by atoms with Crippen molar-refractivity contribution in [3.63, 3.8) is 0 Å². The van der Waals surface area contributed by atoms with Crippen molar-refractivity contribution in [3.05, 3.63) is 216 Å². The number of nitrogens with zero attached hydrogens (tertiary/aromatic N) is 3. The zero-order chi connectivity index (χ0) is 37.8. The van der Waals surface area contributed by atoms with Crippen molar-refractivity contribution in [2.75, 3.05) is 0 Å². The van der Waals surface area contributed by atoms with E-state index in [2.05, 4.69) is 170 Å². The number of hydrogen-bond acceptors (Lipinski definition) is 3. The fraction of sp³-hybridized carbons (Fsp3) is 0.0385. The minimum atomic E-state index is -0.617. The van der Waals surface area contributed by atoms with Gasteiger partial charge in [-0.3, -0.25) is 4.57 Å². The summed E-state index contributed by atoms with van der Waals surface area (Å²) in [6.45, 7) is 6.22. The van der Waals surface area contributed by atoms with E-state index in [4.69, 9.17) is 4.98 Å². The van der Waals surface area contributed by atoms with Crippen molar-refractivity contribution in [2.24, 2.45) is 0 Å². The second-order valence-electron chi connectivity index (χ2n) is 14.3. The van der Waals surface area contributed by atoms with Crippen LogP contribution in [0, 0.1) is 11.3 Å². The van der Waals surface area contributed by atoms with Crippen LogP contribution in [0.3, 0.4) is 0 Å². The predicted octanol–water partition coefficient (Wildman–Crippen LogP) is 13.6. The number of fused-ring (bicyclic) bond motifs is 8. The van der Waals surface area contributed by atoms with E-state index in [9.17, 15) is 5.26 Å². The van der Waals surface area contributed by atoms with Crippen molar-refractivity contribution in [3.8, 4) is 45.4 Å². The molecule has 0 radical (unpaired) electrons. The number of allylic oxidation sites excluding steroid dienone is 5. The average molecular weight is 734 g/mol. The lowest BCUT2D eigenvalue weighted by Gasteiger charge is -2.35. The first-order valence-electron chi connectivity index (χ1n) is 18.8. The van der Waals surface area contributed by atoms with Gasteiger partial charge in [-0.2, -0.15) is 5.26 Å². The van der Waals surface area contributed by atoms with Gasteiger partial charge < -0.3 is 0 Å². The van der Waals surface area contributed by atoms with Crippen LogP contribution in [-0.4, -0.2) is 9.55 Å². The molecule has 3 nitrogen and oxygen atoms in total. The van der Waals surface area contributed by atoms with Crippen LogP contribution in [0.15, 0.2) is 194 Å². The molecule has 1 aliphatic carbocycles. The number of benzene rings is 7. The van der Waals surface area contributed by atoms with Gasteiger partial charge in [0.25, 0.3) is 0 Å². The lowest BCUT2D eigenvalue weighted by Crippen LogP contribution is -2.28. The largest absolute Gasteiger partial charge is 0.292 e. The molecular weight excluding hydrogens is 699 g/mol. The maximum atomic E-state index is 9.67. The van der Waals surface area contributed by atoms with Crippen LogP contribution >= 0.6 is 11.3 Å². The summed E-state index contributed by atoms with van der Waals surface area (Å²) >= 11 is 1.84. The van der Waals surface area contributed by atoms with Gasteiger partial charge in [0.05, 0.1) is 28.1 Å². The molecule has 0 N–H and O–H groups in total. The van der Waals surface area contributed by atoms with Crippen LogP contribution in [0.4, 0.5) is 0 Å². The molecule has 264 valence electrons. The fourth-order valence-electron chi connectivity index (χ4n) is 8.88. The topological polar surface area (TPSA) is 41.6 Å². The molecule has 2 aromatic heterocycles. The molecule has 56 heavy (non-hydrogen) atoms. The van der Waals surface area contributed by atoms with E-state index in [0.29, 0.717) is 5.56 Å². The maximum Gasteiger partial charge on any atom is 0.145 e. The third-order valence-corrected chi connectivity index (χ3v) is 12.5. The summed E-state index contributed by atoms with van der Waals surface area (Å²) in [5, 5.41) is 12.2. The molecule has 0 fully saturated rings. The SMILES string of the molecule is C=C/C=C\C=C(/C)C1(c2ccc(-c3nc4ccccc4n3-c3ccccc3)cc2)c2ccccc2-c2c1cc(-c1ccc(C#N)cc1)c1sc3ccccc3c21. The highest BCUT2D eigenvalue weighted by molar-refractivity contribution is 7.26. The number of para-hydroxylation sites is 3. The lowest BCUT2D eigenvalue weighted by atomic mass is 9.67. The lowest BCUT2D eigenvalue weighted by molar-refractivity contribution is 0.747. The smallest absolute Gasteiger partial charge is 0.145 e.